The molecule has 0 heterocycles. The van der Waals surface area contributed by atoms with Crippen LogP contribution in [-0.2, 0) is 4.74 Å². The Bertz CT molecular complexity index is 156. The lowest BCUT2D eigenvalue weighted by atomic mass is 10.7. The Hall–Kier alpha value is 3.04. The van der Waals surface area contributed by atoms with Gasteiger partial charge in [0, 0.05) is 0 Å². The van der Waals surface area contributed by atoms with Gasteiger partial charge in [0.15, 0.2) is 0 Å². The molecule has 0 fully saturated rings. The molecule has 0 saturated carbocycles. The predicted octanol–water partition coefficient (Wildman–Crippen LogP) is 5.50. The molecule has 0 aromatic rings. The number of hydrogen-bond donors (Lipinski definition) is 0. The van der Waals surface area contributed by atoms with Crippen molar-refractivity contribution in [2.24, 2.45) is 0 Å². The Balaban J connectivity index is 4.42. The second kappa shape index (κ2) is 6.10. The maximum atomic E-state index is 5.74. The van der Waals surface area contributed by atoms with E-state index in [0.717, 1.165) is 0 Å². The summed E-state index contributed by atoms with van der Waals surface area (Å²) in [4.78, 5) is 0. The standard InChI is InChI=1S/C4H2Br4Cl4O/c5-1(6)3(9,10)13-4(11,12)2(7)8/h1-2H. The summed E-state index contributed by atoms with van der Waals surface area (Å²) in [5, 5.41) is 0. The monoisotopic (exact) mass is 522 g/mol. The van der Waals surface area contributed by atoms with E-state index in [-0.39, 0.29) is 0 Å². The van der Waals surface area contributed by atoms with Crippen LogP contribution in [0.5, 0.6) is 0 Å². The molecule has 0 unspecified atom stereocenters. The van der Waals surface area contributed by atoms with Crippen molar-refractivity contribution in [2.45, 2.75) is 16.5 Å². The second-order valence-corrected chi connectivity index (χ2v) is 10.6. The fraction of sp³-hybridized carbons (Fsp3) is 1.00. The molecule has 80 valence electrons. The highest BCUT2D eigenvalue weighted by atomic mass is 79.9. The Morgan fingerprint density at radius 3 is 1.15 bits per heavy atom. The van der Waals surface area contributed by atoms with E-state index in [0.29, 0.717) is 0 Å². The van der Waals surface area contributed by atoms with E-state index in [9.17, 15) is 0 Å². The smallest absolute Gasteiger partial charge is 0.242 e. The highest BCUT2D eigenvalue weighted by Crippen LogP contribution is 2.45. The highest BCUT2D eigenvalue weighted by molar-refractivity contribution is 9.25. The zero-order chi connectivity index (χ0) is 10.9. The lowest BCUT2D eigenvalue weighted by molar-refractivity contribution is 0.0500. The van der Waals surface area contributed by atoms with Crippen molar-refractivity contribution in [3.63, 3.8) is 0 Å². The molecule has 0 spiro atoms. The van der Waals surface area contributed by atoms with E-state index in [4.69, 9.17) is 51.1 Å². The number of hydrogen-bond acceptors (Lipinski definition) is 1. The van der Waals surface area contributed by atoms with Gasteiger partial charge in [0.05, 0.1) is 0 Å². The van der Waals surface area contributed by atoms with Gasteiger partial charge in [-0.15, -0.1) is 0 Å². The molecule has 1 nitrogen and oxygen atoms in total. The minimum atomic E-state index is -1.58. The minimum Gasteiger partial charge on any atom is -0.306 e. The third-order valence-corrected chi connectivity index (χ3v) is 6.65. The van der Waals surface area contributed by atoms with Crippen molar-refractivity contribution in [1.82, 2.24) is 0 Å². The predicted molar refractivity (Wildman–Crippen MR) is 73.2 cm³/mol. The molecule has 0 aliphatic heterocycles. The minimum absolute atomic E-state index is 0.508. The number of ether oxygens (including phenoxy) is 1. The Kier molecular flexibility index (Phi) is 7.53. The van der Waals surface area contributed by atoms with Gasteiger partial charge in [-0.1, -0.05) is 110 Å². The van der Waals surface area contributed by atoms with Crippen molar-refractivity contribution in [3.8, 4) is 0 Å². The lowest BCUT2D eigenvalue weighted by Gasteiger charge is -2.30. The van der Waals surface area contributed by atoms with Gasteiger partial charge in [0.25, 0.3) is 0 Å². The van der Waals surface area contributed by atoms with E-state index in [1.54, 1.807) is 0 Å². The Morgan fingerprint density at radius 2 is 1.00 bits per heavy atom. The molecule has 0 radical (unpaired) electrons. The fourth-order valence-corrected chi connectivity index (χ4v) is 1.29. The molecule has 9 heteroatoms. The maximum Gasteiger partial charge on any atom is 0.242 e. The Morgan fingerprint density at radius 1 is 0.769 bits per heavy atom. The summed E-state index contributed by atoms with van der Waals surface area (Å²) < 4.78 is 0.846. The summed E-state index contributed by atoms with van der Waals surface area (Å²) in [6.07, 6.45) is 0. The lowest BCUT2D eigenvalue weighted by Crippen LogP contribution is -2.37. The van der Waals surface area contributed by atoms with Crippen LogP contribution in [0.25, 0.3) is 0 Å². The molecule has 0 N–H and O–H groups in total. The van der Waals surface area contributed by atoms with Crippen molar-refractivity contribution in [2.75, 3.05) is 0 Å². The Labute approximate surface area is 130 Å². The first kappa shape index (κ1) is 16.0. The first-order valence-corrected chi connectivity index (χ1v) is 7.79. The molecule has 0 atom stereocenters. The summed E-state index contributed by atoms with van der Waals surface area (Å²) in [6, 6.07) is 0. The molecule has 13 heavy (non-hydrogen) atoms. The number of rotatable bonds is 4. The number of alkyl halides is 8. The van der Waals surface area contributed by atoms with Gasteiger partial charge >= 0.3 is 0 Å². The topological polar surface area (TPSA) is 9.23 Å². The zero-order valence-electron chi connectivity index (χ0n) is 5.59. The van der Waals surface area contributed by atoms with Crippen LogP contribution < -0.4 is 0 Å². The van der Waals surface area contributed by atoms with Gasteiger partial charge in [-0.25, -0.2) is 0 Å². The van der Waals surface area contributed by atoms with Gasteiger partial charge in [-0.2, -0.15) is 0 Å². The molecule has 0 aliphatic rings. The van der Waals surface area contributed by atoms with Crippen molar-refractivity contribution >= 4 is 110 Å². The van der Waals surface area contributed by atoms with E-state index in [2.05, 4.69) is 63.7 Å². The second-order valence-electron chi connectivity index (χ2n) is 1.83. The zero-order valence-corrected chi connectivity index (χ0v) is 15.0. The van der Waals surface area contributed by atoms with Gasteiger partial charge in [0.1, 0.15) is 7.47 Å². The molecule has 0 saturated heterocycles. The molecule has 0 aromatic heterocycles. The van der Waals surface area contributed by atoms with Gasteiger partial charge in [0.2, 0.25) is 9.04 Å². The average molecular weight is 527 g/mol. The van der Waals surface area contributed by atoms with Crippen LogP contribution in [0.4, 0.5) is 0 Å². The molecule has 0 aromatic carbocycles. The molecule has 0 amide bonds. The van der Waals surface area contributed by atoms with E-state index in [1.807, 2.05) is 0 Å². The maximum absolute atomic E-state index is 5.74. The summed E-state index contributed by atoms with van der Waals surface area (Å²) in [5.41, 5.74) is 0. The molecule has 0 aliphatic carbocycles. The first-order chi connectivity index (χ1) is 5.59. The quantitative estimate of drug-likeness (QED) is 0.439. The normalized spacial score (nSPS) is 14.3. The van der Waals surface area contributed by atoms with E-state index in [1.165, 1.54) is 0 Å². The average Bonchev–Trinajstić information content (AvgIpc) is 1.83. The molecule has 0 bridgehead atoms. The summed E-state index contributed by atoms with van der Waals surface area (Å²) in [6.45, 7) is 0. The van der Waals surface area contributed by atoms with Crippen LogP contribution in [-0.4, -0.2) is 16.5 Å². The largest absolute Gasteiger partial charge is 0.306 e. The van der Waals surface area contributed by atoms with Crippen molar-refractivity contribution in [3.05, 3.63) is 0 Å². The first-order valence-electron chi connectivity index (χ1n) is 2.61. The van der Waals surface area contributed by atoms with Gasteiger partial charge in [-0.3, -0.25) is 0 Å². The van der Waals surface area contributed by atoms with Gasteiger partial charge in [-0.05, 0) is 0 Å². The van der Waals surface area contributed by atoms with Crippen LogP contribution in [0.15, 0.2) is 0 Å². The fourth-order valence-electron chi connectivity index (χ4n) is 0.271. The molecule has 0 rings (SSSR count). The van der Waals surface area contributed by atoms with Crippen LogP contribution in [0, 0.1) is 0 Å². The molecular weight excluding hydrogens is 525 g/mol. The summed E-state index contributed by atoms with van der Waals surface area (Å²) >= 11 is 35.3. The van der Waals surface area contributed by atoms with Crippen LogP contribution in [0.3, 0.4) is 0 Å². The number of halogens is 8. The molecular formula is C4H2Br4Cl4O. The third kappa shape index (κ3) is 5.78. The highest BCUT2D eigenvalue weighted by Gasteiger charge is 2.44. The van der Waals surface area contributed by atoms with Crippen molar-refractivity contribution in [1.29, 1.82) is 0 Å². The van der Waals surface area contributed by atoms with Crippen molar-refractivity contribution < 1.29 is 4.74 Å². The summed E-state index contributed by atoms with van der Waals surface area (Å²) in [5.74, 6) is 0. The van der Waals surface area contributed by atoms with Crippen LogP contribution >= 0.6 is 110 Å². The summed E-state index contributed by atoms with van der Waals surface area (Å²) in [7, 11) is 0. The SMILES string of the molecule is ClC(Cl)(OC(Cl)(Cl)C(Br)Br)C(Br)Br. The van der Waals surface area contributed by atoms with Crippen LogP contribution in [0.2, 0.25) is 0 Å². The van der Waals surface area contributed by atoms with Gasteiger partial charge < -0.3 is 4.74 Å². The van der Waals surface area contributed by atoms with E-state index < -0.39 is 16.5 Å². The van der Waals surface area contributed by atoms with E-state index >= 15 is 0 Å². The van der Waals surface area contributed by atoms with Crippen LogP contribution in [0.1, 0.15) is 0 Å². The third-order valence-electron chi connectivity index (χ3n) is 0.780.